The van der Waals surface area contributed by atoms with Crippen LogP contribution in [0.4, 0.5) is 10.5 Å². The van der Waals surface area contributed by atoms with Gasteiger partial charge in [-0.1, -0.05) is 24.3 Å². The van der Waals surface area contributed by atoms with E-state index in [2.05, 4.69) is 23.3 Å². The molecule has 8 nitrogen and oxygen atoms in total. The molecule has 0 aromatic heterocycles. The number of ether oxygens (including phenoxy) is 1. The summed E-state index contributed by atoms with van der Waals surface area (Å²) in [6.07, 6.45) is -0.749. The smallest absolute Gasteiger partial charge is 0.408 e. The summed E-state index contributed by atoms with van der Waals surface area (Å²) >= 11 is 4.30. The van der Waals surface area contributed by atoms with Gasteiger partial charge in [0.15, 0.2) is 0 Å². The number of anilines is 1. The van der Waals surface area contributed by atoms with Crippen molar-refractivity contribution >= 4 is 36.2 Å². The van der Waals surface area contributed by atoms with Gasteiger partial charge in [0.25, 0.3) is 5.91 Å². The monoisotopic (exact) mass is 529 g/mol. The van der Waals surface area contributed by atoms with Gasteiger partial charge < -0.3 is 25.4 Å². The van der Waals surface area contributed by atoms with Crippen LogP contribution in [0.2, 0.25) is 0 Å². The van der Waals surface area contributed by atoms with Crippen LogP contribution in [0.15, 0.2) is 36.4 Å². The number of para-hydroxylation sites is 1. The van der Waals surface area contributed by atoms with Crippen LogP contribution < -0.4 is 10.6 Å². The van der Waals surface area contributed by atoms with Crippen molar-refractivity contribution in [3.8, 4) is 5.75 Å². The number of benzene rings is 2. The number of carbonyl (C=O) groups is 3. The minimum atomic E-state index is -1.05. The van der Waals surface area contributed by atoms with Crippen LogP contribution in [0, 0.1) is 20.8 Å². The maximum Gasteiger partial charge on any atom is 0.408 e. The lowest BCUT2D eigenvalue weighted by Crippen LogP contribution is -2.55. The number of alkyl carbamates (subject to hydrolysis) is 1. The van der Waals surface area contributed by atoms with E-state index in [1.807, 2.05) is 32.0 Å². The zero-order valence-corrected chi connectivity index (χ0v) is 23.8. The first-order valence-electron chi connectivity index (χ1n) is 12.3. The molecule has 0 radical (unpaired) electrons. The summed E-state index contributed by atoms with van der Waals surface area (Å²) in [6.45, 7) is 14.3. The second-order valence-electron chi connectivity index (χ2n) is 10.4. The number of rotatable bonds is 8. The molecule has 3 N–H and O–H groups in total. The van der Waals surface area contributed by atoms with Crippen LogP contribution in [0.3, 0.4) is 0 Å². The summed E-state index contributed by atoms with van der Waals surface area (Å²) in [5.74, 6) is -0.816. The molecule has 2 unspecified atom stereocenters. The van der Waals surface area contributed by atoms with E-state index in [1.165, 1.54) is 11.0 Å². The van der Waals surface area contributed by atoms with Crippen LogP contribution in [-0.4, -0.2) is 51.4 Å². The number of amides is 3. The van der Waals surface area contributed by atoms with Gasteiger partial charge in [-0.25, -0.2) is 4.79 Å². The zero-order valence-electron chi connectivity index (χ0n) is 22.9. The lowest BCUT2D eigenvalue weighted by Gasteiger charge is -2.37. The van der Waals surface area contributed by atoms with Gasteiger partial charge >= 0.3 is 6.09 Å². The first-order valence-corrected chi connectivity index (χ1v) is 12.9. The zero-order chi connectivity index (χ0) is 28.1. The number of nitrogens with one attached hydrogen (secondary N) is 2. The molecule has 0 saturated heterocycles. The lowest BCUT2D eigenvalue weighted by atomic mass is 9.98. The molecule has 2 aromatic rings. The normalized spacial score (nSPS) is 13.0. The molecule has 0 saturated carbocycles. The van der Waals surface area contributed by atoms with Gasteiger partial charge in [0.2, 0.25) is 5.91 Å². The van der Waals surface area contributed by atoms with Crippen molar-refractivity contribution in [1.82, 2.24) is 10.2 Å². The fraction of sp³-hybridized carbons (Fsp3) is 0.464. The third kappa shape index (κ3) is 7.89. The molecule has 37 heavy (non-hydrogen) atoms. The number of thiol groups is 1. The Balaban J connectivity index is 2.54. The number of aromatic hydroxyl groups is 1. The molecule has 2 aromatic carbocycles. The molecule has 9 heteroatoms. The molecular weight excluding hydrogens is 490 g/mol. The Morgan fingerprint density at radius 2 is 1.62 bits per heavy atom. The summed E-state index contributed by atoms with van der Waals surface area (Å²) in [5.41, 5.74) is 2.78. The Morgan fingerprint density at radius 1 is 1.03 bits per heavy atom. The molecule has 2 rings (SSSR count). The van der Waals surface area contributed by atoms with Crippen LogP contribution in [0.25, 0.3) is 0 Å². The van der Waals surface area contributed by atoms with Gasteiger partial charge in [0.05, 0.1) is 0 Å². The number of nitrogens with zero attached hydrogens (tertiary/aromatic N) is 1. The molecule has 0 spiro atoms. The summed E-state index contributed by atoms with van der Waals surface area (Å²) in [5, 5.41) is 15.7. The second-order valence-corrected chi connectivity index (χ2v) is 10.8. The number of aryl methyl sites for hydroxylation is 3. The Bertz CT molecular complexity index is 1120. The van der Waals surface area contributed by atoms with Crippen LogP contribution >= 0.6 is 12.6 Å². The highest BCUT2D eigenvalue weighted by molar-refractivity contribution is 7.80. The number of phenols is 1. The van der Waals surface area contributed by atoms with Crippen molar-refractivity contribution in [2.45, 2.75) is 79.1 Å². The van der Waals surface area contributed by atoms with Crippen molar-refractivity contribution in [2.75, 3.05) is 11.1 Å². The van der Waals surface area contributed by atoms with E-state index in [9.17, 15) is 19.5 Å². The molecular formula is C28H39N3O5S. The molecule has 0 fully saturated rings. The van der Waals surface area contributed by atoms with E-state index in [-0.39, 0.29) is 11.5 Å². The van der Waals surface area contributed by atoms with E-state index < -0.39 is 41.6 Å². The Labute approximate surface area is 225 Å². The van der Waals surface area contributed by atoms with Gasteiger partial charge in [-0.15, -0.1) is 0 Å². The average Bonchev–Trinajstić information content (AvgIpc) is 2.78. The Morgan fingerprint density at radius 3 is 2.11 bits per heavy atom. The highest BCUT2D eigenvalue weighted by Crippen LogP contribution is 2.30. The maximum absolute atomic E-state index is 13.9. The predicted molar refractivity (Wildman–Crippen MR) is 149 cm³/mol. The van der Waals surface area contributed by atoms with Crippen molar-refractivity contribution < 1.29 is 24.2 Å². The van der Waals surface area contributed by atoms with E-state index in [0.29, 0.717) is 16.8 Å². The van der Waals surface area contributed by atoms with Crippen molar-refractivity contribution in [3.63, 3.8) is 0 Å². The minimum absolute atomic E-state index is 0.00113. The molecule has 0 heterocycles. The molecule has 0 bridgehead atoms. The molecule has 0 aliphatic carbocycles. The average molecular weight is 530 g/mol. The Kier molecular flexibility index (Phi) is 10.0. The topological polar surface area (TPSA) is 108 Å². The highest BCUT2D eigenvalue weighted by Gasteiger charge is 2.38. The molecule has 0 aliphatic heterocycles. The van der Waals surface area contributed by atoms with Crippen molar-refractivity contribution in [3.05, 3.63) is 58.7 Å². The third-order valence-electron chi connectivity index (χ3n) is 5.77. The molecule has 202 valence electrons. The maximum atomic E-state index is 13.9. The molecule has 3 amide bonds. The number of phenolic OH excluding ortho intramolecular Hbond substituents is 1. The van der Waals surface area contributed by atoms with Gasteiger partial charge in [-0.05, 0) is 89.8 Å². The third-order valence-corrected chi connectivity index (χ3v) is 6.14. The van der Waals surface area contributed by atoms with E-state index in [0.717, 1.165) is 11.1 Å². The summed E-state index contributed by atoms with van der Waals surface area (Å²) in [7, 11) is 0. The largest absolute Gasteiger partial charge is 0.508 e. The summed E-state index contributed by atoms with van der Waals surface area (Å²) < 4.78 is 5.33. The van der Waals surface area contributed by atoms with Crippen molar-refractivity contribution in [2.24, 2.45) is 0 Å². The quantitative estimate of drug-likeness (QED) is 0.358. The number of hydrogen-bond donors (Lipinski definition) is 4. The van der Waals surface area contributed by atoms with Gasteiger partial charge in [0, 0.05) is 17.5 Å². The fourth-order valence-corrected chi connectivity index (χ4v) is 4.23. The van der Waals surface area contributed by atoms with Crippen molar-refractivity contribution in [1.29, 1.82) is 0 Å². The lowest BCUT2D eigenvalue weighted by molar-refractivity contribution is -0.142. The van der Waals surface area contributed by atoms with Crippen LogP contribution in [0.1, 0.15) is 62.9 Å². The standard InChI is InChI=1S/C28H39N3O5S/c1-16(2)31(26(34)21(15-37)29-27(35)36-28(6,7)8)24(20-12-13-22(32)19(5)14-20)25(33)30-23-17(3)10-9-11-18(23)4/h9-14,16,21,24,32,37H,15H2,1-8H3,(H,29,35)(H,30,33). The first-order chi connectivity index (χ1) is 17.2. The van der Waals surface area contributed by atoms with Gasteiger partial charge in [-0.2, -0.15) is 12.6 Å². The van der Waals surface area contributed by atoms with Gasteiger partial charge in [0.1, 0.15) is 23.4 Å². The number of hydrogen-bond acceptors (Lipinski definition) is 6. The van der Waals surface area contributed by atoms with E-state index in [1.54, 1.807) is 53.7 Å². The SMILES string of the molecule is Cc1cc(C(C(=O)Nc2c(C)cccc2C)N(C(=O)C(CS)NC(=O)OC(C)(C)C)C(C)C)ccc1O. The number of carbonyl (C=O) groups excluding carboxylic acids is 3. The van der Waals surface area contributed by atoms with Gasteiger partial charge in [-0.3, -0.25) is 9.59 Å². The Hall–Kier alpha value is -3.20. The molecule has 2 atom stereocenters. The van der Waals surface area contributed by atoms with Crippen LogP contribution in [0.5, 0.6) is 5.75 Å². The first kappa shape index (κ1) is 30.0. The van der Waals surface area contributed by atoms with Crippen LogP contribution in [-0.2, 0) is 14.3 Å². The molecule has 0 aliphatic rings. The van der Waals surface area contributed by atoms with E-state index in [4.69, 9.17) is 4.74 Å². The second kappa shape index (κ2) is 12.4. The summed E-state index contributed by atoms with van der Waals surface area (Å²) in [4.78, 5) is 41.6. The highest BCUT2D eigenvalue weighted by atomic mass is 32.1. The fourth-order valence-electron chi connectivity index (χ4n) is 3.99. The minimum Gasteiger partial charge on any atom is -0.508 e. The predicted octanol–water partition coefficient (Wildman–Crippen LogP) is 5.06. The summed E-state index contributed by atoms with van der Waals surface area (Å²) in [6, 6.07) is 8.01. The van der Waals surface area contributed by atoms with E-state index >= 15 is 0 Å².